The highest BCUT2D eigenvalue weighted by Crippen LogP contribution is 2.33. The molecule has 0 saturated carbocycles. The summed E-state index contributed by atoms with van der Waals surface area (Å²) >= 11 is 0. The molecule has 1 aliphatic heterocycles. The number of β-amino-alcohol motifs (C(OH)–C–C–N with tert-alkyl or cyclic N) is 1. The van der Waals surface area contributed by atoms with Crippen molar-refractivity contribution in [1.82, 2.24) is 20.0 Å². The van der Waals surface area contributed by atoms with Gasteiger partial charge in [0, 0.05) is 19.0 Å². The molecule has 0 unspecified atom stereocenters. The number of rotatable bonds is 4. The Morgan fingerprint density at radius 2 is 2.29 bits per heavy atom. The number of aliphatic hydroxyl groups is 1. The maximum absolute atomic E-state index is 9.97. The molecule has 3 heterocycles. The molecule has 0 aliphatic carbocycles. The van der Waals surface area contributed by atoms with E-state index < -0.39 is 6.10 Å². The summed E-state index contributed by atoms with van der Waals surface area (Å²) in [5, 5.41) is 13.8. The molecule has 1 fully saturated rings. The van der Waals surface area contributed by atoms with Crippen molar-refractivity contribution >= 4 is 0 Å². The summed E-state index contributed by atoms with van der Waals surface area (Å²) in [7, 11) is 0. The number of hydrogen-bond acceptors (Lipinski definition) is 7. The Morgan fingerprint density at radius 1 is 1.48 bits per heavy atom. The van der Waals surface area contributed by atoms with Crippen LogP contribution in [-0.2, 0) is 6.54 Å². The van der Waals surface area contributed by atoms with E-state index in [1.807, 2.05) is 0 Å². The Bertz CT molecular complexity index is 607. The van der Waals surface area contributed by atoms with E-state index in [-0.39, 0.29) is 12.0 Å². The number of hydrogen-bond donors (Lipinski definition) is 1. The van der Waals surface area contributed by atoms with E-state index >= 15 is 0 Å². The van der Waals surface area contributed by atoms with Crippen LogP contribution in [0.15, 0.2) is 15.3 Å². The second-order valence-electron chi connectivity index (χ2n) is 5.83. The molecule has 2 aromatic rings. The summed E-state index contributed by atoms with van der Waals surface area (Å²) in [6.07, 6.45) is 1.68. The van der Waals surface area contributed by atoms with Crippen molar-refractivity contribution in [3.63, 3.8) is 0 Å². The van der Waals surface area contributed by atoms with Crippen molar-refractivity contribution in [2.45, 2.75) is 51.8 Å². The fourth-order valence-corrected chi connectivity index (χ4v) is 2.82. The van der Waals surface area contributed by atoms with E-state index in [4.69, 9.17) is 8.94 Å². The molecule has 7 nitrogen and oxygen atoms in total. The number of likely N-dealkylation sites (tertiary alicyclic amines) is 1. The lowest BCUT2D eigenvalue weighted by Crippen LogP contribution is -2.25. The zero-order chi connectivity index (χ0) is 15.0. The second-order valence-corrected chi connectivity index (χ2v) is 5.83. The zero-order valence-electron chi connectivity index (χ0n) is 12.5. The maximum Gasteiger partial charge on any atom is 0.244 e. The molecule has 3 rings (SSSR count). The van der Waals surface area contributed by atoms with Crippen LogP contribution in [0.4, 0.5) is 0 Å². The quantitative estimate of drug-likeness (QED) is 0.919. The normalized spacial score (nSPS) is 23.3. The molecule has 2 aromatic heterocycles. The van der Waals surface area contributed by atoms with E-state index in [1.165, 1.54) is 6.39 Å². The summed E-state index contributed by atoms with van der Waals surface area (Å²) in [4.78, 5) is 10.7. The first-order chi connectivity index (χ1) is 10.0. The largest absolute Gasteiger partial charge is 0.448 e. The van der Waals surface area contributed by atoms with E-state index in [9.17, 15) is 5.11 Å². The molecule has 0 bridgehead atoms. The molecule has 2 atom stereocenters. The van der Waals surface area contributed by atoms with Crippen molar-refractivity contribution in [3.8, 4) is 0 Å². The van der Waals surface area contributed by atoms with E-state index in [1.54, 1.807) is 6.92 Å². The highest BCUT2D eigenvalue weighted by molar-refractivity contribution is 5.12. The molecule has 0 spiro atoms. The molecule has 1 saturated heterocycles. The van der Waals surface area contributed by atoms with Gasteiger partial charge in [-0.2, -0.15) is 4.98 Å². The van der Waals surface area contributed by atoms with Crippen LogP contribution in [0.2, 0.25) is 0 Å². The first-order valence-electron chi connectivity index (χ1n) is 7.19. The molecule has 7 heteroatoms. The first kappa shape index (κ1) is 14.2. The zero-order valence-corrected chi connectivity index (χ0v) is 12.5. The lowest BCUT2D eigenvalue weighted by atomic mass is 10.1. The summed E-state index contributed by atoms with van der Waals surface area (Å²) in [5.41, 5.74) is 0.903. The fraction of sp³-hybridized carbons (Fsp3) is 0.643. The van der Waals surface area contributed by atoms with Crippen molar-refractivity contribution in [3.05, 3.63) is 29.6 Å². The van der Waals surface area contributed by atoms with E-state index in [0.29, 0.717) is 31.2 Å². The molecule has 0 aromatic carbocycles. The van der Waals surface area contributed by atoms with Crippen molar-refractivity contribution in [1.29, 1.82) is 0 Å². The number of nitrogens with zero attached hydrogens (tertiary/aromatic N) is 4. The van der Waals surface area contributed by atoms with Crippen LogP contribution in [0.3, 0.4) is 0 Å². The van der Waals surface area contributed by atoms with Crippen molar-refractivity contribution < 1.29 is 14.0 Å². The highest BCUT2D eigenvalue weighted by Gasteiger charge is 2.36. The van der Waals surface area contributed by atoms with Crippen LogP contribution in [0, 0.1) is 6.92 Å². The van der Waals surface area contributed by atoms with Gasteiger partial charge in [-0.05, 0) is 13.3 Å². The van der Waals surface area contributed by atoms with Gasteiger partial charge < -0.3 is 14.0 Å². The van der Waals surface area contributed by atoms with Crippen LogP contribution in [0.5, 0.6) is 0 Å². The van der Waals surface area contributed by atoms with Gasteiger partial charge >= 0.3 is 0 Å². The number of aryl methyl sites for hydroxylation is 1. The molecular formula is C14H20N4O3. The number of oxazole rings is 1. The third-order valence-corrected chi connectivity index (χ3v) is 3.76. The fourth-order valence-electron chi connectivity index (χ4n) is 2.82. The molecule has 114 valence electrons. The lowest BCUT2D eigenvalue weighted by Gasteiger charge is -2.20. The van der Waals surface area contributed by atoms with Gasteiger partial charge in [-0.25, -0.2) is 4.98 Å². The van der Waals surface area contributed by atoms with Gasteiger partial charge in [-0.3, -0.25) is 4.90 Å². The van der Waals surface area contributed by atoms with Crippen LogP contribution in [0.1, 0.15) is 55.4 Å². The summed E-state index contributed by atoms with van der Waals surface area (Å²) in [5.74, 6) is 2.32. The Hall–Kier alpha value is -1.73. The number of aliphatic hydroxyl groups excluding tert-OH is 1. The topological polar surface area (TPSA) is 88.4 Å². The van der Waals surface area contributed by atoms with Gasteiger partial charge in [0.05, 0.1) is 17.8 Å². The summed E-state index contributed by atoms with van der Waals surface area (Å²) in [6.45, 7) is 7.10. The predicted octanol–water partition coefficient (Wildman–Crippen LogP) is 1.80. The Morgan fingerprint density at radius 3 is 2.95 bits per heavy atom. The maximum atomic E-state index is 9.97. The predicted molar refractivity (Wildman–Crippen MR) is 73.4 cm³/mol. The second kappa shape index (κ2) is 5.57. The monoisotopic (exact) mass is 292 g/mol. The molecule has 21 heavy (non-hydrogen) atoms. The Labute approximate surface area is 123 Å². The minimum Gasteiger partial charge on any atom is -0.448 e. The van der Waals surface area contributed by atoms with Gasteiger partial charge in [0.2, 0.25) is 5.89 Å². The van der Waals surface area contributed by atoms with Crippen LogP contribution in [-0.4, -0.2) is 37.8 Å². The van der Waals surface area contributed by atoms with E-state index in [0.717, 1.165) is 11.5 Å². The van der Waals surface area contributed by atoms with Gasteiger partial charge in [0.15, 0.2) is 12.2 Å². The average molecular weight is 292 g/mol. The molecule has 0 amide bonds. The smallest absolute Gasteiger partial charge is 0.244 e. The molecular weight excluding hydrogens is 272 g/mol. The summed E-state index contributed by atoms with van der Waals surface area (Å²) < 4.78 is 10.7. The van der Waals surface area contributed by atoms with Gasteiger partial charge in [0.25, 0.3) is 0 Å². The minimum atomic E-state index is -0.392. The molecule has 1 N–H and O–H groups in total. The summed E-state index contributed by atoms with van der Waals surface area (Å²) in [6, 6.07) is -0.0714. The molecule has 0 radical (unpaired) electrons. The highest BCUT2D eigenvalue weighted by atomic mass is 16.5. The van der Waals surface area contributed by atoms with Gasteiger partial charge in [-0.1, -0.05) is 19.0 Å². The van der Waals surface area contributed by atoms with Crippen molar-refractivity contribution in [2.75, 3.05) is 6.54 Å². The van der Waals surface area contributed by atoms with Crippen LogP contribution >= 0.6 is 0 Å². The SMILES string of the molecule is Cc1noc([C@H]2C[C@@H](O)CN2Cc2ncoc2C(C)C)n1. The minimum absolute atomic E-state index is 0.0714. The van der Waals surface area contributed by atoms with Gasteiger partial charge in [-0.15, -0.1) is 0 Å². The van der Waals surface area contributed by atoms with E-state index in [2.05, 4.69) is 33.9 Å². The number of aromatic nitrogens is 3. The third kappa shape index (κ3) is 2.84. The lowest BCUT2D eigenvalue weighted by molar-refractivity contribution is 0.168. The third-order valence-electron chi connectivity index (χ3n) is 3.76. The van der Waals surface area contributed by atoms with Crippen molar-refractivity contribution in [2.24, 2.45) is 0 Å². The van der Waals surface area contributed by atoms with Gasteiger partial charge in [0.1, 0.15) is 5.76 Å². The average Bonchev–Trinajstić information content (AvgIpc) is 3.10. The Balaban J connectivity index is 1.81. The standard InChI is InChI=1S/C14H20N4O3/c1-8(2)13-11(15-7-20-13)6-18-5-10(19)4-12(18)14-16-9(3)17-21-14/h7-8,10,12,19H,4-6H2,1-3H3/t10-,12-/m1/s1. The Kier molecular flexibility index (Phi) is 3.77. The first-order valence-corrected chi connectivity index (χ1v) is 7.19. The van der Waals surface area contributed by atoms with Crippen LogP contribution < -0.4 is 0 Å². The van der Waals surface area contributed by atoms with Crippen LogP contribution in [0.25, 0.3) is 0 Å². The molecule has 1 aliphatic rings.